The normalized spacial score (nSPS) is 10.4. The van der Waals surface area contributed by atoms with E-state index in [1.807, 2.05) is 54.6 Å². The first kappa shape index (κ1) is 13.7. The quantitative estimate of drug-likeness (QED) is 0.510. The van der Waals surface area contributed by atoms with E-state index in [9.17, 15) is 0 Å². The third kappa shape index (κ3) is 4.81. The summed E-state index contributed by atoms with van der Waals surface area (Å²) in [5, 5.41) is 7.57. The molecule has 5 heteroatoms. The van der Waals surface area contributed by atoms with E-state index in [-0.39, 0.29) is 0 Å². The molecule has 0 amide bonds. The first-order valence-electron chi connectivity index (χ1n) is 5.65. The van der Waals surface area contributed by atoms with Gasteiger partial charge >= 0.3 is 0 Å². The van der Waals surface area contributed by atoms with Crippen LogP contribution in [0.5, 0.6) is 0 Å². The maximum absolute atomic E-state index is 5.13. The SMILES string of the molecule is S=C(N/N=C/c1ccc(Br)cc1)Nc1ccccc1. The Kier molecular flexibility index (Phi) is 5.06. The van der Waals surface area contributed by atoms with E-state index in [1.165, 1.54) is 0 Å². The number of hydrazone groups is 1. The average Bonchev–Trinajstić information content (AvgIpc) is 2.42. The molecule has 0 fully saturated rings. The lowest BCUT2D eigenvalue weighted by molar-refractivity contribution is 1.05. The van der Waals surface area contributed by atoms with Gasteiger partial charge in [0.25, 0.3) is 0 Å². The molecular weight excluding hydrogens is 322 g/mol. The molecule has 2 N–H and O–H groups in total. The minimum Gasteiger partial charge on any atom is -0.331 e. The Morgan fingerprint density at radius 1 is 1.05 bits per heavy atom. The van der Waals surface area contributed by atoms with Crippen molar-refractivity contribution in [2.24, 2.45) is 5.10 Å². The smallest absolute Gasteiger partial charge is 0.191 e. The van der Waals surface area contributed by atoms with Gasteiger partial charge in [0, 0.05) is 10.2 Å². The van der Waals surface area contributed by atoms with Gasteiger partial charge in [-0.3, -0.25) is 5.43 Å². The zero-order valence-electron chi connectivity index (χ0n) is 10.0. The van der Waals surface area contributed by atoms with E-state index >= 15 is 0 Å². The number of anilines is 1. The molecule has 0 aliphatic heterocycles. The maximum atomic E-state index is 5.13. The van der Waals surface area contributed by atoms with E-state index < -0.39 is 0 Å². The van der Waals surface area contributed by atoms with Crippen molar-refractivity contribution in [2.45, 2.75) is 0 Å². The van der Waals surface area contributed by atoms with Crippen LogP contribution < -0.4 is 10.7 Å². The highest BCUT2D eigenvalue weighted by molar-refractivity contribution is 9.10. The van der Waals surface area contributed by atoms with Crippen LogP contribution in [0.3, 0.4) is 0 Å². The molecule has 2 aromatic carbocycles. The summed E-state index contributed by atoms with van der Waals surface area (Å²) in [5.41, 5.74) is 4.70. The molecule has 0 atom stereocenters. The van der Waals surface area contributed by atoms with Gasteiger partial charge in [0.2, 0.25) is 0 Å². The van der Waals surface area contributed by atoms with Crippen molar-refractivity contribution in [2.75, 3.05) is 5.32 Å². The van der Waals surface area contributed by atoms with Crippen molar-refractivity contribution >= 4 is 45.2 Å². The highest BCUT2D eigenvalue weighted by Gasteiger charge is 1.94. The summed E-state index contributed by atoms with van der Waals surface area (Å²) in [6.07, 6.45) is 1.71. The molecule has 19 heavy (non-hydrogen) atoms. The van der Waals surface area contributed by atoms with Crippen molar-refractivity contribution in [1.82, 2.24) is 5.43 Å². The summed E-state index contributed by atoms with van der Waals surface area (Å²) >= 11 is 8.51. The number of nitrogens with zero attached hydrogens (tertiary/aromatic N) is 1. The molecule has 0 aromatic heterocycles. The lowest BCUT2D eigenvalue weighted by atomic mass is 10.2. The topological polar surface area (TPSA) is 36.4 Å². The minimum absolute atomic E-state index is 0.458. The summed E-state index contributed by atoms with van der Waals surface area (Å²) < 4.78 is 1.04. The van der Waals surface area contributed by atoms with Crippen molar-refractivity contribution in [1.29, 1.82) is 0 Å². The number of hydrogen-bond acceptors (Lipinski definition) is 2. The summed E-state index contributed by atoms with van der Waals surface area (Å²) in [6.45, 7) is 0. The van der Waals surface area contributed by atoms with Gasteiger partial charge in [-0.05, 0) is 42.0 Å². The molecule has 0 heterocycles. The Morgan fingerprint density at radius 3 is 2.42 bits per heavy atom. The number of benzene rings is 2. The van der Waals surface area contributed by atoms with Gasteiger partial charge in [0.05, 0.1) is 6.21 Å². The van der Waals surface area contributed by atoms with Crippen molar-refractivity contribution in [3.8, 4) is 0 Å². The molecule has 0 unspecified atom stereocenters. The maximum Gasteiger partial charge on any atom is 0.191 e. The molecule has 0 aliphatic carbocycles. The molecule has 3 nitrogen and oxygen atoms in total. The summed E-state index contributed by atoms with van der Waals surface area (Å²) in [7, 11) is 0. The fraction of sp³-hybridized carbons (Fsp3) is 0. The van der Waals surface area contributed by atoms with Crippen LogP contribution in [0.4, 0.5) is 5.69 Å². The minimum atomic E-state index is 0.458. The molecule has 0 saturated carbocycles. The van der Waals surface area contributed by atoms with Gasteiger partial charge in [-0.2, -0.15) is 5.10 Å². The number of nitrogens with one attached hydrogen (secondary N) is 2. The third-order valence-electron chi connectivity index (χ3n) is 2.28. The van der Waals surface area contributed by atoms with Crippen LogP contribution in [0.2, 0.25) is 0 Å². The van der Waals surface area contributed by atoms with Crippen LogP contribution >= 0.6 is 28.1 Å². The number of rotatable bonds is 3. The highest BCUT2D eigenvalue weighted by Crippen LogP contribution is 2.09. The summed E-state index contributed by atoms with van der Waals surface area (Å²) in [5.74, 6) is 0. The third-order valence-corrected chi connectivity index (χ3v) is 3.00. The van der Waals surface area contributed by atoms with E-state index in [0.717, 1.165) is 15.7 Å². The van der Waals surface area contributed by atoms with Crippen molar-refractivity contribution < 1.29 is 0 Å². The van der Waals surface area contributed by atoms with E-state index in [4.69, 9.17) is 12.2 Å². The predicted octanol–water partition coefficient (Wildman–Crippen LogP) is 3.77. The standard InChI is InChI=1S/C14H12BrN3S/c15-12-8-6-11(7-9-12)10-16-18-14(19)17-13-4-2-1-3-5-13/h1-10H,(H2,17,18,19)/b16-10+. The van der Waals surface area contributed by atoms with Gasteiger partial charge < -0.3 is 5.32 Å². The second kappa shape index (κ2) is 7.01. The largest absolute Gasteiger partial charge is 0.331 e. The van der Waals surface area contributed by atoms with Gasteiger partial charge in [-0.25, -0.2) is 0 Å². The first-order valence-corrected chi connectivity index (χ1v) is 6.85. The van der Waals surface area contributed by atoms with E-state index in [2.05, 4.69) is 31.8 Å². The number of hydrogen-bond donors (Lipinski definition) is 2. The van der Waals surface area contributed by atoms with Crippen LogP contribution in [-0.2, 0) is 0 Å². The monoisotopic (exact) mass is 333 g/mol. The molecule has 2 rings (SSSR count). The molecule has 0 spiro atoms. The fourth-order valence-corrected chi connectivity index (χ4v) is 1.83. The number of halogens is 1. The van der Waals surface area contributed by atoms with Gasteiger partial charge in [0.15, 0.2) is 5.11 Å². The highest BCUT2D eigenvalue weighted by atomic mass is 79.9. The van der Waals surface area contributed by atoms with E-state index in [0.29, 0.717) is 5.11 Å². The predicted molar refractivity (Wildman–Crippen MR) is 87.5 cm³/mol. The van der Waals surface area contributed by atoms with Crippen LogP contribution in [0, 0.1) is 0 Å². The molecule has 0 aliphatic rings. The summed E-state index contributed by atoms with van der Waals surface area (Å²) in [6, 6.07) is 17.5. The molecule has 96 valence electrons. The number of thiocarbonyl (C=S) groups is 1. The van der Waals surface area contributed by atoms with Gasteiger partial charge in [0.1, 0.15) is 0 Å². The number of para-hydroxylation sites is 1. The first-order chi connectivity index (χ1) is 9.24. The summed E-state index contributed by atoms with van der Waals surface area (Å²) in [4.78, 5) is 0. The molecule has 0 bridgehead atoms. The lowest BCUT2D eigenvalue weighted by Crippen LogP contribution is -2.23. The van der Waals surface area contributed by atoms with Gasteiger partial charge in [-0.1, -0.05) is 46.3 Å². The second-order valence-electron chi connectivity index (χ2n) is 3.74. The molecule has 0 saturated heterocycles. The zero-order valence-corrected chi connectivity index (χ0v) is 12.4. The Labute approximate surface area is 125 Å². The lowest BCUT2D eigenvalue weighted by Gasteiger charge is -2.06. The molecular formula is C14H12BrN3S. The van der Waals surface area contributed by atoms with Crippen molar-refractivity contribution in [3.63, 3.8) is 0 Å². The van der Waals surface area contributed by atoms with Crippen LogP contribution in [-0.4, -0.2) is 11.3 Å². The molecule has 0 radical (unpaired) electrons. The van der Waals surface area contributed by atoms with Crippen molar-refractivity contribution in [3.05, 3.63) is 64.6 Å². The Hall–Kier alpha value is -1.72. The molecule has 2 aromatic rings. The second-order valence-corrected chi connectivity index (χ2v) is 5.07. The zero-order chi connectivity index (χ0) is 13.5. The van der Waals surface area contributed by atoms with Crippen LogP contribution in [0.15, 0.2) is 64.2 Å². The Morgan fingerprint density at radius 2 is 1.74 bits per heavy atom. The van der Waals surface area contributed by atoms with Crippen LogP contribution in [0.1, 0.15) is 5.56 Å². The van der Waals surface area contributed by atoms with E-state index in [1.54, 1.807) is 6.21 Å². The Bertz CT molecular complexity index is 567. The fourth-order valence-electron chi connectivity index (χ4n) is 1.39. The Balaban J connectivity index is 1.85. The van der Waals surface area contributed by atoms with Crippen LogP contribution in [0.25, 0.3) is 0 Å². The van der Waals surface area contributed by atoms with Gasteiger partial charge in [-0.15, -0.1) is 0 Å². The average molecular weight is 334 g/mol.